The van der Waals surface area contributed by atoms with E-state index in [1.54, 1.807) is 0 Å². The summed E-state index contributed by atoms with van der Waals surface area (Å²) in [4.78, 5) is 0.0123. The third-order valence-electron chi connectivity index (χ3n) is 2.73. The molecule has 0 atom stereocenters. The molecule has 0 bridgehead atoms. The zero-order valence-electron chi connectivity index (χ0n) is 10.7. The van der Waals surface area contributed by atoms with Crippen LogP contribution in [0.4, 0.5) is 0 Å². The first-order chi connectivity index (χ1) is 9.88. The maximum Gasteiger partial charge on any atom is 0.261 e. The fourth-order valence-corrected chi connectivity index (χ4v) is 4.23. The van der Waals surface area contributed by atoms with Gasteiger partial charge in [0.05, 0.1) is 20.4 Å². The molecular weight excluding hydrogens is 443 g/mol. The highest BCUT2D eigenvalue weighted by Gasteiger charge is 2.16. The fraction of sp³-hybridized carbons (Fsp3) is 0.143. The predicted molar refractivity (Wildman–Crippen MR) is 90.5 cm³/mol. The smallest absolute Gasteiger partial charge is 0.261 e. The van der Waals surface area contributed by atoms with Crippen molar-refractivity contribution in [3.63, 3.8) is 0 Å². The molecule has 3 nitrogen and oxygen atoms in total. The summed E-state index contributed by atoms with van der Waals surface area (Å²) in [6.07, 6.45) is 0.759. The van der Waals surface area contributed by atoms with Crippen LogP contribution in [0.15, 0.2) is 56.3 Å². The van der Waals surface area contributed by atoms with Gasteiger partial charge in [0.2, 0.25) is 0 Å². The number of benzene rings is 2. The largest absolute Gasteiger partial charge is 0.491 e. The lowest BCUT2D eigenvalue weighted by Gasteiger charge is -2.11. The van der Waals surface area contributed by atoms with E-state index in [0.29, 0.717) is 21.3 Å². The second kappa shape index (κ2) is 7.13. The zero-order chi connectivity index (χ0) is 15.5. The van der Waals surface area contributed by atoms with Gasteiger partial charge in [-0.3, -0.25) is 0 Å². The second-order valence-corrected chi connectivity index (χ2v) is 8.51. The molecule has 0 aliphatic carbocycles. The van der Waals surface area contributed by atoms with Crippen molar-refractivity contribution >= 4 is 51.6 Å². The van der Waals surface area contributed by atoms with Crippen LogP contribution < -0.4 is 4.74 Å². The minimum Gasteiger partial charge on any atom is -0.491 e. The fourth-order valence-electron chi connectivity index (χ4n) is 1.73. The van der Waals surface area contributed by atoms with E-state index in [2.05, 4.69) is 31.9 Å². The zero-order valence-corrected chi connectivity index (χ0v) is 15.5. The topological polar surface area (TPSA) is 43.4 Å². The van der Waals surface area contributed by atoms with Crippen molar-refractivity contribution in [2.45, 2.75) is 11.3 Å². The summed E-state index contributed by atoms with van der Waals surface area (Å²) in [6.45, 7) is 0.480. The summed E-state index contributed by atoms with van der Waals surface area (Å²) in [6, 6.07) is 12.8. The first-order valence-electron chi connectivity index (χ1n) is 5.98. The molecule has 0 amide bonds. The summed E-state index contributed by atoms with van der Waals surface area (Å²) in [7, 11) is 1.56. The van der Waals surface area contributed by atoms with E-state index in [9.17, 15) is 8.42 Å². The van der Waals surface area contributed by atoms with Crippen molar-refractivity contribution in [3.8, 4) is 5.75 Å². The lowest BCUT2D eigenvalue weighted by molar-refractivity contribution is 0.317. The van der Waals surface area contributed by atoms with Gasteiger partial charge in [0.15, 0.2) is 0 Å². The van der Waals surface area contributed by atoms with Crippen molar-refractivity contribution in [2.24, 2.45) is 0 Å². The first-order valence-corrected chi connectivity index (χ1v) is 9.88. The Labute approximate surface area is 144 Å². The molecule has 0 radical (unpaired) electrons. The summed E-state index contributed by atoms with van der Waals surface area (Å²) in [5, 5.41) is 0. The number of hydrogen-bond acceptors (Lipinski definition) is 3. The van der Waals surface area contributed by atoms with E-state index in [0.717, 1.165) is 6.42 Å². The summed E-state index contributed by atoms with van der Waals surface area (Å²) in [5.41, 5.74) is 1.17. The van der Waals surface area contributed by atoms with Crippen LogP contribution in [-0.2, 0) is 15.5 Å². The van der Waals surface area contributed by atoms with Crippen molar-refractivity contribution in [2.75, 3.05) is 6.61 Å². The van der Waals surface area contributed by atoms with Gasteiger partial charge in [-0.2, -0.15) is 0 Å². The lowest BCUT2D eigenvalue weighted by atomic mass is 10.2. The van der Waals surface area contributed by atoms with Gasteiger partial charge in [-0.25, -0.2) is 8.42 Å². The molecule has 0 unspecified atom stereocenters. The van der Waals surface area contributed by atoms with Gasteiger partial charge in [0.25, 0.3) is 9.05 Å². The van der Waals surface area contributed by atoms with Gasteiger partial charge >= 0.3 is 0 Å². The minimum atomic E-state index is -3.77. The molecule has 0 aromatic heterocycles. The van der Waals surface area contributed by atoms with E-state index in [1.165, 1.54) is 17.7 Å². The monoisotopic (exact) mass is 452 g/mol. The Hall–Kier alpha value is -0.560. The highest BCUT2D eigenvalue weighted by atomic mass is 79.9. The third-order valence-corrected chi connectivity index (χ3v) is 5.24. The highest BCUT2D eigenvalue weighted by molar-refractivity contribution is 9.11. The van der Waals surface area contributed by atoms with E-state index < -0.39 is 9.05 Å². The SMILES string of the molecule is O=S(=O)(Cl)c1cc(Br)c(OCCc2ccccc2)c(Br)c1. The van der Waals surface area contributed by atoms with E-state index in [1.807, 2.05) is 30.3 Å². The number of halogens is 3. The van der Waals surface area contributed by atoms with Gasteiger partial charge in [-0.05, 0) is 49.6 Å². The van der Waals surface area contributed by atoms with Gasteiger partial charge in [0.1, 0.15) is 5.75 Å². The Morgan fingerprint density at radius 2 is 1.62 bits per heavy atom. The molecule has 2 aromatic carbocycles. The van der Waals surface area contributed by atoms with E-state index >= 15 is 0 Å². The molecule has 0 heterocycles. The molecule has 0 aliphatic heterocycles. The van der Waals surface area contributed by atoms with Crippen molar-refractivity contribution < 1.29 is 13.2 Å². The van der Waals surface area contributed by atoms with Crippen LogP contribution in [0, 0.1) is 0 Å². The molecule has 7 heteroatoms. The maximum absolute atomic E-state index is 11.3. The highest BCUT2D eigenvalue weighted by Crippen LogP contribution is 2.36. The molecule has 0 N–H and O–H groups in total. The van der Waals surface area contributed by atoms with Gasteiger partial charge in [-0.1, -0.05) is 30.3 Å². The Morgan fingerprint density at radius 1 is 1.05 bits per heavy atom. The standard InChI is InChI=1S/C14H11Br2ClO3S/c15-12-8-11(21(17,18)19)9-13(16)14(12)20-7-6-10-4-2-1-3-5-10/h1-5,8-9H,6-7H2. The normalized spacial score (nSPS) is 11.4. The average Bonchev–Trinajstić information content (AvgIpc) is 2.42. The summed E-state index contributed by atoms with van der Waals surface area (Å²) < 4.78 is 29.4. The maximum atomic E-state index is 11.3. The van der Waals surface area contributed by atoms with Gasteiger partial charge < -0.3 is 4.74 Å². The molecule has 2 rings (SSSR count). The third kappa shape index (κ3) is 4.71. The van der Waals surface area contributed by atoms with Crippen LogP contribution in [0.2, 0.25) is 0 Å². The minimum absolute atomic E-state index is 0.0123. The predicted octanol–water partition coefficient (Wildman–Crippen LogP) is 4.76. The Kier molecular flexibility index (Phi) is 5.71. The molecule has 112 valence electrons. The molecule has 0 aliphatic rings. The van der Waals surface area contributed by atoms with Crippen LogP contribution in [0.25, 0.3) is 0 Å². The molecule has 0 saturated carbocycles. The van der Waals surface area contributed by atoms with Gasteiger partial charge in [0, 0.05) is 17.1 Å². The van der Waals surface area contributed by atoms with Crippen LogP contribution in [-0.4, -0.2) is 15.0 Å². The van der Waals surface area contributed by atoms with E-state index in [-0.39, 0.29) is 4.90 Å². The van der Waals surface area contributed by atoms with Crippen LogP contribution >= 0.6 is 42.5 Å². The summed E-state index contributed by atoms with van der Waals surface area (Å²) in [5.74, 6) is 0.551. The van der Waals surface area contributed by atoms with Crippen molar-refractivity contribution in [1.29, 1.82) is 0 Å². The number of rotatable bonds is 5. The van der Waals surface area contributed by atoms with Crippen LogP contribution in [0.3, 0.4) is 0 Å². The first kappa shape index (κ1) is 16.8. The Balaban J connectivity index is 2.11. The summed E-state index contributed by atoms with van der Waals surface area (Å²) >= 11 is 6.60. The van der Waals surface area contributed by atoms with Crippen molar-refractivity contribution in [1.82, 2.24) is 0 Å². The van der Waals surface area contributed by atoms with Crippen molar-refractivity contribution in [3.05, 3.63) is 57.0 Å². The Morgan fingerprint density at radius 3 is 2.14 bits per heavy atom. The molecule has 21 heavy (non-hydrogen) atoms. The van der Waals surface area contributed by atoms with E-state index in [4.69, 9.17) is 15.4 Å². The average molecular weight is 455 g/mol. The number of ether oxygens (including phenoxy) is 1. The molecule has 0 saturated heterocycles. The molecular formula is C14H11Br2ClO3S. The lowest BCUT2D eigenvalue weighted by Crippen LogP contribution is -2.03. The Bertz CT molecular complexity index is 710. The van der Waals surface area contributed by atoms with Crippen LogP contribution in [0.5, 0.6) is 5.75 Å². The molecule has 0 fully saturated rings. The second-order valence-electron chi connectivity index (χ2n) is 4.24. The number of hydrogen-bond donors (Lipinski definition) is 0. The quantitative estimate of drug-likeness (QED) is 0.612. The molecule has 0 spiro atoms. The molecule has 2 aromatic rings. The van der Waals surface area contributed by atoms with Crippen LogP contribution in [0.1, 0.15) is 5.56 Å². The van der Waals surface area contributed by atoms with Gasteiger partial charge in [-0.15, -0.1) is 0 Å².